The normalized spacial score (nSPS) is 10.4. The number of aromatic nitrogens is 2. The number of ketones is 1. The van der Waals surface area contributed by atoms with E-state index in [2.05, 4.69) is 9.97 Å². The summed E-state index contributed by atoms with van der Waals surface area (Å²) in [6.45, 7) is 1.96. The molecule has 0 saturated heterocycles. The number of nitrogen functional groups attached to an aromatic ring is 1. The number of benzene rings is 1. The molecule has 10 heteroatoms. The molecule has 154 valence electrons. The van der Waals surface area contributed by atoms with Crippen molar-refractivity contribution in [3.63, 3.8) is 0 Å². The molecule has 0 radical (unpaired) electrons. The van der Waals surface area contributed by atoms with Crippen LogP contribution in [0.25, 0.3) is 0 Å². The summed E-state index contributed by atoms with van der Waals surface area (Å²) in [7, 11) is 0. The standard InChI is InChI=1S/C19H20FN3O5S/c1-2-27-18(26)14-10-22-19(23-17(14)21)29-11-16(25)28-9-3-4-15(24)12-5-7-13(20)8-6-12/h5-8,10H,2-4,9,11H2,1H3,(H2,21,22,23). The predicted molar refractivity (Wildman–Crippen MR) is 104 cm³/mol. The molecular weight excluding hydrogens is 401 g/mol. The smallest absolute Gasteiger partial charge is 0.343 e. The molecular formula is C19H20FN3O5S. The monoisotopic (exact) mass is 421 g/mol. The summed E-state index contributed by atoms with van der Waals surface area (Å²) < 4.78 is 22.7. The first-order valence-electron chi connectivity index (χ1n) is 8.77. The molecule has 0 bridgehead atoms. The molecule has 0 aliphatic rings. The van der Waals surface area contributed by atoms with E-state index in [-0.39, 0.29) is 47.7 Å². The van der Waals surface area contributed by atoms with Crippen LogP contribution in [0.3, 0.4) is 0 Å². The highest BCUT2D eigenvalue weighted by Crippen LogP contribution is 2.17. The van der Waals surface area contributed by atoms with Gasteiger partial charge < -0.3 is 15.2 Å². The Hall–Kier alpha value is -3.01. The Morgan fingerprint density at radius 1 is 1.17 bits per heavy atom. The van der Waals surface area contributed by atoms with E-state index in [1.807, 2.05) is 0 Å². The number of rotatable bonds is 10. The molecule has 0 atom stereocenters. The van der Waals surface area contributed by atoms with E-state index >= 15 is 0 Å². The van der Waals surface area contributed by atoms with Crippen molar-refractivity contribution in [2.75, 3.05) is 24.7 Å². The van der Waals surface area contributed by atoms with Gasteiger partial charge in [-0.05, 0) is 37.6 Å². The molecule has 0 aliphatic heterocycles. The van der Waals surface area contributed by atoms with Gasteiger partial charge in [-0.3, -0.25) is 9.59 Å². The number of anilines is 1. The van der Waals surface area contributed by atoms with E-state index in [0.29, 0.717) is 12.0 Å². The minimum absolute atomic E-state index is 0.0337. The maximum absolute atomic E-state index is 12.8. The molecule has 29 heavy (non-hydrogen) atoms. The van der Waals surface area contributed by atoms with Crippen LogP contribution in [0.1, 0.15) is 40.5 Å². The van der Waals surface area contributed by atoms with Gasteiger partial charge in [-0.1, -0.05) is 11.8 Å². The van der Waals surface area contributed by atoms with Gasteiger partial charge in [0.1, 0.15) is 17.2 Å². The van der Waals surface area contributed by atoms with E-state index < -0.39 is 17.8 Å². The topological polar surface area (TPSA) is 121 Å². The SMILES string of the molecule is CCOC(=O)c1cnc(SCC(=O)OCCCC(=O)c2ccc(F)cc2)nc1N. The van der Waals surface area contributed by atoms with Crippen molar-refractivity contribution >= 4 is 35.3 Å². The van der Waals surface area contributed by atoms with Crippen molar-refractivity contribution in [2.24, 2.45) is 0 Å². The van der Waals surface area contributed by atoms with Gasteiger partial charge in [0.25, 0.3) is 0 Å². The minimum atomic E-state index is -0.615. The summed E-state index contributed by atoms with van der Waals surface area (Å²) in [4.78, 5) is 43.3. The van der Waals surface area contributed by atoms with Crippen LogP contribution in [-0.4, -0.2) is 46.7 Å². The van der Waals surface area contributed by atoms with Crippen molar-refractivity contribution in [1.82, 2.24) is 9.97 Å². The van der Waals surface area contributed by atoms with Gasteiger partial charge in [-0.2, -0.15) is 0 Å². The lowest BCUT2D eigenvalue weighted by molar-refractivity contribution is -0.140. The number of thioether (sulfide) groups is 1. The van der Waals surface area contributed by atoms with Gasteiger partial charge in [0, 0.05) is 18.2 Å². The number of carbonyl (C=O) groups is 3. The zero-order valence-corrected chi connectivity index (χ0v) is 16.5. The van der Waals surface area contributed by atoms with Gasteiger partial charge in [0.05, 0.1) is 19.0 Å². The van der Waals surface area contributed by atoms with E-state index in [0.717, 1.165) is 11.8 Å². The lowest BCUT2D eigenvalue weighted by Gasteiger charge is -2.06. The van der Waals surface area contributed by atoms with Crippen LogP contribution in [-0.2, 0) is 14.3 Å². The Balaban J connectivity index is 1.70. The average Bonchev–Trinajstić information content (AvgIpc) is 2.70. The van der Waals surface area contributed by atoms with Crippen LogP contribution in [0, 0.1) is 5.82 Å². The maximum Gasteiger partial charge on any atom is 0.343 e. The molecule has 2 N–H and O–H groups in total. The molecule has 0 spiro atoms. The molecule has 0 aliphatic carbocycles. The van der Waals surface area contributed by atoms with Crippen molar-refractivity contribution in [1.29, 1.82) is 0 Å². The van der Waals surface area contributed by atoms with E-state index in [4.69, 9.17) is 15.2 Å². The number of halogens is 1. The largest absolute Gasteiger partial charge is 0.465 e. The average molecular weight is 421 g/mol. The summed E-state index contributed by atoms with van der Waals surface area (Å²) in [5.41, 5.74) is 6.18. The highest BCUT2D eigenvalue weighted by molar-refractivity contribution is 7.99. The van der Waals surface area contributed by atoms with Crippen LogP contribution >= 0.6 is 11.8 Å². The Labute approximate surface area is 171 Å². The molecule has 0 saturated carbocycles. The number of hydrogen-bond acceptors (Lipinski definition) is 9. The van der Waals surface area contributed by atoms with E-state index in [9.17, 15) is 18.8 Å². The Kier molecular flexibility index (Phi) is 8.53. The van der Waals surface area contributed by atoms with Crippen molar-refractivity contribution in [3.8, 4) is 0 Å². The van der Waals surface area contributed by atoms with Gasteiger partial charge in [0.15, 0.2) is 10.9 Å². The second-order valence-electron chi connectivity index (χ2n) is 5.71. The third-order valence-corrected chi connectivity index (χ3v) is 4.42. The first-order valence-corrected chi connectivity index (χ1v) is 9.76. The fourth-order valence-electron chi connectivity index (χ4n) is 2.18. The lowest BCUT2D eigenvalue weighted by Crippen LogP contribution is -2.12. The Morgan fingerprint density at radius 3 is 2.55 bits per heavy atom. The molecule has 0 unspecified atom stereocenters. The number of ether oxygens (including phenoxy) is 2. The van der Waals surface area contributed by atoms with Gasteiger partial charge in [-0.25, -0.2) is 19.2 Å². The van der Waals surface area contributed by atoms with Crippen molar-refractivity contribution < 1.29 is 28.2 Å². The van der Waals surface area contributed by atoms with Crippen LogP contribution in [0.5, 0.6) is 0 Å². The number of esters is 2. The zero-order valence-electron chi connectivity index (χ0n) is 15.7. The van der Waals surface area contributed by atoms with E-state index in [1.165, 1.54) is 30.5 Å². The fraction of sp³-hybridized carbons (Fsp3) is 0.316. The lowest BCUT2D eigenvalue weighted by atomic mass is 10.1. The second-order valence-corrected chi connectivity index (χ2v) is 6.66. The van der Waals surface area contributed by atoms with Crippen molar-refractivity contribution in [2.45, 2.75) is 24.9 Å². The first kappa shape index (κ1) is 22.3. The number of carbonyl (C=O) groups excluding carboxylic acids is 3. The number of hydrogen-bond donors (Lipinski definition) is 1. The third-order valence-electron chi connectivity index (χ3n) is 3.59. The van der Waals surface area contributed by atoms with Gasteiger partial charge in [0.2, 0.25) is 0 Å². The van der Waals surface area contributed by atoms with Gasteiger partial charge >= 0.3 is 11.9 Å². The fourth-order valence-corrected chi connectivity index (χ4v) is 2.80. The summed E-state index contributed by atoms with van der Waals surface area (Å²) in [5.74, 6) is -1.76. The third kappa shape index (κ3) is 7.15. The van der Waals surface area contributed by atoms with Crippen LogP contribution in [0.15, 0.2) is 35.6 Å². The second kappa shape index (κ2) is 11.1. The minimum Gasteiger partial charge on any atom is -0.465 e. The zero-order chi connectivity index (χ0) is 21.2. The summed E-state index contributed by atoms with van der Waals surface area (Å²) in [6.07, 6.45) is 1.78. The molecule has 0 amide bonds. The number of nitrogens with zero attached hydrogens (tertiary/aromatic N) is 2. The highest BCUT2D eigenvalue weighted by Gasteiger charge is 2.15. The number of Topliss-reactive ketones (excluding diaryl/α,β-unsaturated/α-hetero) is 1. The van der Waals surface area contributed by atoms with E-state index in [1.54, 1.807) is 6.92 Å². The quantitative estimate of drug-likeness (QED) is 0.203. The molecule has 2 rings (SSSR count). The molecule has 0 fully saturated rings. The molecule has 1 heterocycles. The molecule has 8 nitrogen and oxygen atoms in total. The summed E-state index contributed by atoms with van der Waals surface area (Å²) in [6, 6.07) is 5.27. The van der Waals surface area contributed by atoms with Crippen molar-refractivity contribution in [3.05, 3.63) is 47.4 Å². The van der Waals surface area contributed by atoms with Crippen LogP contribution < -0.4 is 5.73 Å². The molecule has 2 aromatic rings. The van der Waals surface area contributed by atoms with Crippen LogP contribution in [0.4, 0.5) is 10.2 Å². The number of nitrogens with two attached hydrogens (primary N) is 1. The Morgan fingerprint density at radius 2 is 1.90 bits per heavy atom. The molecule has 1 aromatic heterocycles. The summed E-state index contributed by atoms with van der Waals surface area (Å²) in [5, 5.41) is 0.221. The van der Waals surface area contributed by atoms with Gasteiger partial charge in [-0.15, -0.1) is 0 Å². The molecule has 1 aromatic carbocycles. The Bertz CT molecular complexity index is 877. The predicted octanol–water partition coefficient (Wildman–Crippen LogP) is 2.67. The first-order chi connectivity index (χ1) is 13.9. The maximum atomic E-state index is 12.8. The van der Waals surface area contributed by atoms with Crippen LogP contribution in [0.2, 0.25) is 0 Å². The highest BCUT2D eigenvalue weighted by atomic mass is 32.2. The summed E-state index contributed by atoms with van der Waals surface area (Å²) >= 11 is 1.01.